The quantitative estimate of drug-likeness (QED) is 0.591. The lowest BCUT2D eigenvalue weighted by molar-refractivity contribution is -0.126. The highest BCUT2D eigenvalue weighted by atomic mass is 79.9. The highest BCUT2D eigenvalue weighted by Gasteiger charge is 2.34. The molecule has 1 aliphatic rings. The summed E-state index contributed by atoms with van der Waals surface area (Å²) >= 11 is 3.16. The van der Waals surface area contributed by atoms with E-state index in [9.17, 15) is 18.8 Å². The van der Waals surface area contributed by atoms with Crippen molar-refractivity contribution in [2.45, 2.75) is 19.8 Å². The van der Waals surface area contributed by atoms with Gasteiger partial charge in [0.15, 0.2) is 6.61 Å². The van der Waals surface area contributed by atoms with E-state index in [1.807, 2.05) is 6.92 Å². The number of hydrogen-bond acceptors (Lipinski definition) is 4. The Kier molecular flexibility index (Phi) is 7.62. The van der Waals surface area contributed by atoms with Crippen LogP contribution in [0.5, 0.6) is 5.75 Å². The van der Waals surface area contributed by atoms with Crippen LogP contribution in [0.2, 0.25) is 0 Å². The van der Waals surface area contributed by atoms with Crippen molar-refractivity contribution in [2.24, 2.45) is 5.92 Å². The minimum atomic E-state index is -0.552. The Labute approximate surface area is 188 Å². The summed E-state index contributed by atoms with van der Waals surface area (Å²) < 4.78 is 19.8. The number of nitrogens with one attached hydrogen (secondary N) is 2. The van der Waals surface area contributed by atoms with Gasteiger partial charge in [0.2, 0.25) is 11.8 Å². The second kappa shape index (κ2) is 10.4. The third-order valence-corrected chi connectivity index (χ3v) is 5.26. The van der Waals surface area contributed by atoms with Crippen LogP contribution >= 0.6 is 15.9 Å². The third kappa shape index (κ3) is 6.04. The molecule has 0 saturated carbocycles. The van der Waals surface area contributed by atoms with E-state index in [0.717, 1.165) is 6.42 Å². The van der Waals surface area contributed by atoms with E-state index in [1.165, 1.54) is 12.1 Å². The van der Waals surface area contributed by atoms with Gasteiger partial charge in [-0.05, 0) is 48.9 Å². The Balaban J connectivity index is 1.52. The molecule has 1 aliphatic heterocycles. The van der Waals surface area contributed by atoms with E-state index in [4.69, 9.17) is 4.74 Å². The molecular formula is C22H23BrFN3O4. The summed E-state index contributed by atoms with van der Waals surface area (Å²) in [4.78, 5) is 38.0. The molecule has 2 aromatic rings. The van der Waals surface area contributed by atoms with Crippen molar-refractivity contribution < 1.29 is 23.5 Å². The molecule has 164 valence electrons. The predicted molar refractivity (Wildman–Crippen MR) is 118 cm³/mol. The molecule has 0 aliphatic carbocycles. The highest BCUT2D eigenvalue weighted by molar-refractivity contribution is 9.10. The maximum Gasteiger partial charge on any atom is 0.262 e. The van der Waals surface area contributed by atoms with Gasteiger partial charge >= 0.3 is 0 Å². The van der Waals surface area contributed by atoms with Gasteiger partial charge in [0.1, 0.15) is 11.6 Å². The molecular weight excluding hydrogens is 469 g/mol. The highest BCUT2D eigenvalue weighted by Crippen LogP contribution is 2.27. The molecule has 9 heteroatoms. The van der Waals surface area contributed by atoms with E-state index < -0.39 is 11.7 Å². The van der Waals surface area contributed by atoms with Crippen LogP contribution in [0.3, 0.4) is 0 Å². The van der Waals surface area contributed by atoms with Gasteiger partial charge in [-0.2, -0.15) is 0 Å². The Morgan fingerprint density at radius 2 is 1.97 bits per heavy atom. The van der Waals surface area contributed by atoms with Crippen LogP contribution in [-0.4, -0.2) is 37.4 Å². The molecule has 2 aromatic carbocycles. The zero-order valence-corrected chi connectivity index (χ0v) is 18.6. The monoisotopic (exact) mass is 491 g/mol. The number of nitrogens with zero attached hydrogens (tertiary/aromatic N) is 1. The molecule has 1 atom stereocenters. The van der Waals surface area contributed by atoms with Crippen LogP contribution in [0.1, 0.15) is 19.8 Å². The summed E-state index contributed by atoms with van der Waals surface area (Å²) in [5, 5.41) is 5.27. The molecule has 3 amide bonds. The standard InChI is InChI=1S/C22H23BrFN3O4/c1-2-9-25-22(30)14-10-21(29)27(12-14)16-4-6-17(7-5-16)31-13-20(28)26-19-8-3-15(23)11-18(19)24/h3-8,11,14H,2,9-10,12-13H2,1H3,(H,25,30)(H,26,28)/t14-/m0/s1. The maximum atomic E-state index is 13.8. The van der Waals surface area contributed by atoms with Crippen LogP contribution in [0.4, 0.5) is 15.8 Å². The van der Waals surface area contributed by atoms with Gasteiger partial charge in [0, 0.05) is 29.7 Å². The van der Waals surface area contributed by atoms with Gasteiger partial charge in [-0.15, -0.1) is 0 Å². The van der Waals surface area contributed by atoms with Crippen molar-refractivity contribution in [2.75, 3.05) is 29.9 Å². The van der Waals surface area contributed by atoms with E-state index in [1.54, 1.807) is 35.2 Å². The SMILES string of the molecule is CCCNC(=O)[C@H]1CC(=O)N(c2ccc(OCC(=O)Nc3ccc(Br)cc3F)cc2)C1. The first-order valence-electron chi connectivity index (χ1n) is 9.93. The van der Waals surface area contributed by atoms with Crippen molar-refractivity contribution in [1.29, 1.82) is 0 Å². The largest absolute Gasteiger partial charge is 0.484 e. The second-order valence-electron chi connectivity index (χ2n) is 7.15. The number of rotatable bonds is 8. The molecule has 0 unspecified atom stereocenters. The first-order valence-corrected chi connectivity index (χ1v) is 10.7. The number of carbonyl (C=O) groups is 3. The molecule has 0 spiro atoms. The van der Waals surface area contributed by atoms with E-state index in [-0.39, 0.29) is 36.4 Å². The first kappa shape index (κ1) is 22.7. The molecule has 1 heterocycles. The van der Waals surface area contributed by atoms with Crippen LogP contribution in [0.15, 0.2) is 46.9 Å². The van der Waals surface area contributed by atoms with Gasteiger partial charge in [-0.1, -0.05) is 22.9 Å². The fraction of sp³-hybridized carbons (Fsp3) is 0.318. The maximum absolute atomic E-state index is 13.8. The fourth-order valence-electron chi connectivity index (χ4n) is 3.17. The van der Waals surface area contributed by atoms with Crippen molar-refractivity contribution in [3.63, 3.8) is 0 Å². The van der Waals surface area contributed by atoms with Crippen LogP contribution in [0.25, 0.3) is 0 Å². The minimum absolute atomic E-state index is 0.0669. The van der Waals surface area contributed by atoms with Gasteiger partial charge in [0.05, 0.1) is 11.6 Å². The Morgan fingerprint density at radius 3 is 2.65 bits per heavy atom. The van der Waals surface area contributed by atoms with Crippen molar-refractivity contribution >= 4 is 45.0 Å². The summed E-state index contributed by atoms with van der Waals surface area (Å²) in [6, 6.07) is 11.0. The molecule has 1 saturated heterocycles. The van der Waals surface area contributed by atoms with Gasteiger partial charge in [-0.25, -0.2) is 4.39 Å². The molecule has 2 N–H and O–H groups in total. The lowest BCUT2D eigenvalue weighted by Crippen LogP contribution is -2.33. The van der Waals surface area contributed by atoms with Crippen LogP contribution in [-0.2, 0) is 14.4 Å². The third-order valence-electron chi connectivity index (χ3n) is 4.77. The number of carbonyl (C=O) groups excluding carboxylic acids is 3. The average Bonchev–Trinajstić information content (AvgIpc) is 3.14. The van der Waals surface area contributed by atoms with Crippen LogP contribution < -0.4 is 20.3 Å². The number of anilines is 2. The number of benzene rings is 2. The fourth-order valence-corrected chi connectivity index (χ4v) is 3.51. The lowest BCUT2D eigenvalue weighted by atomic mass is 10.1. The molecule has 3 rings (SSSR count). The molecule has 31 heavy (non-hydrogen) atoms. The summed E-state index contributed by atoms with van der Waals surface area (Å²) in [6.45, 7) is 2.60. The zero-order chi connectivity index (χ0) is 22.4. The number of halogens is 2. The van der Waals surface area contributed by atoms with Crippen molar-refractivity contribution in [3.8, 4) is 5.75 Å². The summed E-state index contributed by atoms with van der Waals surface area (Å²) in [7, 11) is 0. The average molecular weight is 492 g/mol. The van der Waals surface area contributed by atoms with Crippen molar-refractivity contribution in [3.05, 3.63) is 52.8 Å². The number of ether oxygens (including phenoxy) is 1. The predicted octanol–water partition coefficient (Wildman–Crippen LogP) is 3.48. The molecule has 1 fully saturated rings. The Bertz CT molecular complexity index is 968. The smallest absolute Gasteiger partial charge is 0.262 e. The molecule has 7 nitrogen and oxygen atoms in total. The lowest BCUT2D eigenvalue weighted by Gasteiger charge is -2.17. The second-order valence-corrected chi connectivity index (χ2v) is 8.07. The zero-order valence-electron chi connectivity index (χ0n) is 17.0. The van der Waals surface area contributed by atoms with E-state index in [0.29, 0.717) is 29.0 Å². The van der Waals surface area contributed by atoms with Gasteiger partial charge < -0.3 is 20.3 Å². The Hall–Kier alpha value is -2.94. The normalized spacial score (nSPS) is 15.6. The Morgan fingerprint density at radius 1 is 1.23 bits per heavy atom. The minimum Gasteiger partial charge on any atom is -0.484 e. The van der Waals surface area contributed by atoms with E-state index >= 15 is 0 Å². The number of hydrogen-bond donors (Lipinski definition) is 2. The van der Waals surface area contributed by atoms with Crippen molar-refractivity contribution in [1.82, 2.24) is 5.32 Å². The summed E-state index contributed by atoms with van der Waals surface area (Å²) in [5.41, 5.74) is 0.724. The molecule has 0 bridgehead atoms. The molecule has 0 aromatic heterocycles. The summed E-state index contributed by atoms with van der Waals surface area (Å²) in [6.07, 6.45) is 1.02. The first-order chi connectivity index (χ1) is 14.9. The topological polar surface area (TPSA) is 87.7 Å². The van der Waals surface area contributed by atoms with Gasteiger partial charge in [0.25, 0.3) is 5.91 Å². The van der Waals surface area contributed by atoms with Gasteiger partial charge in [-0.3, -0.25) is 14.4 Å². The molecule has 0 radical (unpaired) electrons. The van der Waals surface area contributed by atoms with E-state index in [2.05, 4.69) is 26.6 Å². The summed E-state index contributed by atoms with van der Waals surface area (Å²) in [5.74, 6) is -1.20. The number of amides is 3. The van der Waals surface area contributed by atoms with Crippen LogP contribution in [0, 0.1) is 11.7 Å².